The average molecular weight is 683 g/mol. The lowest BCUT2D eigenvalue weighted by molar-refractivity contribution is -0.142. The van der Waals surface area contributed by atoms with Gasteiger partial charge >= 0.3 is 18.3 Å². The second kappa shape index (κ2) is 13.5. The Morgan fingerprint density at radius 3 is 2.33 bits per heavy atom. The first-order valence-electron chi connectivity index (χ1n) is 15.7. The first-order chi connectivity index (χ1) is 22.0. The van der Waals surface area contributed by atoms with E-state index in [-0.39, 0.29) is 29.1 Å². The van der Waals surface area contributed by atoms with Crippen LogP contribution in [0.5, 0.6) is 0 Å². The molecule has 3 fully saturated rings. The van der Waals surface area contributed by atoms with Crippen LogP contribution < -0.4 is 11.1 Å². The fraction of sp³-hybridized carbons (Fsp3) is 0.581. The van der Waals surface area contributed by atoms with Crippen LogP contribution in [0.2, 0.25) is 5.02 Å². The molecule has 4 aliphatic heterocycles. The number of carbonyl (C=O) groups is 3. The predicted molar refractivity (Wildman–Crippen MR) is 169 cm³/mol. The summed E-state index contributed by atoms with van der Waals surface area (Å²) in [5.41, 5.74) is 5.90. The molecule has 3 saturated heterocycles. The Morgan fingerprint density at radius 1 is 1.00 bits per heavy atom. The number of nitrogens with one attached hydrogen (secondary N) is 1. The molecule has 4 amide bonds. The van der Waals surface area contributed by atoms with Gasteiger partial charge < -0.3 is 35.4 Å². The van der Waals surface area contributed by atoms with Gasteiger partial charge in [0.15, 0.2) is 6.10 Å². The quantitative estimate of drug-likeness (QED) is 0.381. The van der Waals surface area contributed by atoms with Gasteiger partial charge in [-0.3, -0.25) is 4.79 Å². The molecule has 46 heavy (non-hydrogen) atoms. The number of anilines is 2. The number of alkyl halides is 3. The molecule has 6 rings (SSSR count). The van der Waals surface area contributed by atoms with Crippen LogP contribution in [0.25, 0.3) is 0 Å². The molecule has 15 heteroatoms. The summed E-state index contributed by atoms with van der Waals surface area (Å²) >= 11 is 7.60. The first kappa shape index (κ1) is 32.7. The summed E-state index contributed by atoms with van der Waals surface area (Å²) in [4.78, 5) is 47.4. The lowest BCUT2D eigenvalue weighted by atomic mass is 10.00. The van der Waals surface area contributed by atoms with Gasteiger partial charge in [0.25, 0.3) is 5.91 Å². The summed E-state index contributed by atoms with van der Waals surface area (Å²) in [7, 11) is 0. The minimum Gasteiger partial charge on any atom is -0.436 e. The minimum atomic E-state index is -4.75. The van der Waals surface area contributed by atoms with Crippen LogP contribution in [0.1, 0.15) is 55.2 Å². The number of ether oxygens (including phenoxy) is 1. The Bertz CT molecular complexity index is 1450. The van der Waals surface area contributed by atoms with E-state index in [2.05, 4.69) is 10.2 Å². The van der Waals surface area contributed by atoms with E-state index in [1.54, 1.807) is 9.80 Å². The Morgan fingerprint density at radius 2 is 1.65 bits per heavy atom. The summed E-state index contributed by atoms with van der Waals surface area (Å²) in [5, 5.41) is 6.54. The molecule has 0 bridgehead atoms. The Balaban J connectivity index is 1.13. The Labute approximate surface area is 274 Å². The third-order valence-electron chi connectivity index (χ3n) is 9.62. The maximum atomic E-state index is 13.8. The van der Waals surface area contributed by atoms with Gasteiger partial charge in [0.05, 0.1) is 28.5 Å². The second-order valence-corrected chi connectivity index (χ2v) is 13.7. The molecule has 10 nitrogen and oxygen atoms in total. The van der Waals surface area contributed by atoms with Crippen molar-refractivity contribution in [2.24, 2.45) is 0 Å². The Hall–Kier alpha value is -3.23. The fourth-order valence-corrected chi connectivity index (χ4v) is 8.05. The highest BCUT2D eigenvalue weighted by atomic mass is 35.5. The largest absolute Gasteiger partial charge is 0.436 e. The molecule has 1 atom stereocenters. The zero-order chi connectivity index (χ0) is 32.6. The van der Waals surface area contributed by atoms with Crippen LogP contribution in [-0.4, -0.2) is 95.1 Å². The van der Waals surface area contributed by atoms with E-state index in [9.17, 15) is 27.6 Å². The maximum absolute atomic E-state index is 13.8. The SMILES string of the molecule is Nc1c(Cl)cc(C[C@@H](OC(=O)N2CCC(N3Cc4cscc4NC3=O)CC2)C(=O)N2CCC(N3CCCC3)CC2)cc1C(F)(F)F. The van der Waals surface area contributed by atoms with E-state index in [1.807, 2.05) is 10.8 Å². The fourth-order valence-electron chi connectivity index (χ4n) is 7.03. The highest BCUT2D eigenvalue weighted by Gasteiger charge is 2.38. The topological polar surface area (TPSA) is 111 Å². The predicted octanol–water partition coefficient (Wildman–Crippen LogP) is 5.65. The first-order valence-corrected chi connectivity index (χ1v) is 17.1. The number of amides is 4. The molecular weight excluding hydrogens is 645 g/mol. The number of urea groups is 1. The summed E-state index contributed by atoms with van der Waals surface area (Å²) in [5.74, 6) is -0.443. The van der Waals surface area contributed by atoms with Gasteiger partial charge in [0.2, 0.25) is 0 Å². The van der Waals surface area contributed by atoms with E-state index in [4.69, 9.17) is 22.1 Å². The van der Waals surface area contributed by atoms with Crippen molar-refractivity contribution in [1.82, 2.24) is 19.6 Å². The highest BCUT2D eigenvalue weighted by molar-refractivity contribution is 7.08. The third kappa shape index (κ3) is 7.03. The molecule has 2 aromatic rings. The Kier molecular flexibility index (Phi) is 9.58. The van der Waals surface area contributed by atoms with Crippen LogP contribution in [0, 0.1) is 0 Å². The van der Waals surface area contributed by atoms with Crippen molar-refractivity contribution < 1.29 is 32.3 Å². The van der Waals surface area contributed by atoms with Crippen LogP contribution in [0.4, 0.5) is 34.1 Å². The smallest absolute Gasteiger partial charge is 0.418 e. The van der Waals surface area contributed by atoms with Crippen molar-refractivity contribution >= 4 is 52.3 Å². The van der Waals surface area contributed by atoms with Crippen LogP contribution in [-0.2, 0) is 28.7 Å². The molecule has 4 aliphatic rings. The molecule has 0 unspecified atom stereocenters. The van der Waals surface area contributed by atoms with Crippen molar-refractivity contribution in [3.8, 4) is 0 Å². The van der Waals surface area contributed by atoms with Crippen molar-refractivity contribution in [3.05, 3.63) is 44.6 Å². The molecule has 0 aliphatic carbocycles. The third-order valence-corrected chi connectivity index (χ3v) is 10.7. The molecule has 1 aromatic heterocycles. The number of thiophene rings is 1. The summed E-state index contributed by atoms with van der Waals surface area (Å²) < 4.78 is 47.0. The number of nitrogens with zero attached hydrogens (tertiary/aromatic N) is 4. The molecule has 250 valence electrons. The van der Waals surface area contributed by atoms with Gasteiger partial charge in [-0.05, 0) is 74.7 Å². The lowest BCUT2D eigenvalue weighted by Crippen LogP contribution is -2.53. The van der Waals surface area contributed by atoms with E-state index in [0.717, 1.165) is 43.2 Å². The van der Waals surface area contributed by atoms with E-state index >= 15 is 0 Å². The van der Waals surface area contributed by atoms with Crippen molar-refractivity contribution in [2.75, 3.05) is 50.3 Å². The van der Waals surface area contributed by atoms with Gasteiger partial charge in [-0.25, -0.2) is 9.59 Å². The summed E-state index contributed by atoms with van der Waals surface area (Å²) in [6.45, 7) is 4.14. The number of carbonyl (C=O) groups excluding carboxylic acids is 3. The number of benzene rings is 1. The highest BCUT2D eigenvalue weighted by Crippen LogP contribution is 2.38. The van der Waals surface area contributed by atoms with E-state index < -0.39 is 35.5 Å². The zero-order valence-corrected chi connectivity index (χ0v) is 26.9. The maximum Gasteiger partial charge on any atom is 0.418 e. The number of nitrogen functional groups attached to an aromatic ring is 1. The number of piperidine rings is 2. The minimum absolute atomic E-state index is 0.0795. The summed E-state index contributed by atoms with van der Waals surface area (Å²) in [6.07, 6.45) is -2.17. The van der Waals surface area contributed by atoms with E-state index in [1.165, 1.54) is 35.1 Å². The standard InChI is InChI=1S/C31H38ClF3N6O4S/c32-24-14-19(13-23(27(24)36)31(33,34)35)15-26(28(42)39-9-3-21(4-10-39)38-7-1-2-8-38)45-30(44)40-11-5-22(6-12-40)41-16-20-17-46-18-25(20)37-29(41)43/h13-14,17-18,21-22,26H,1-12,15-16,36H2,(H,37,43)/t26-/m1/s1. The number of nitrogens with two attached hydrogens (primary N) is 1. The van der Waals surface area contributed by atoms with Crippen LogP contribution in [0.3, 0.4) is 0 Å². The monoisotopic (exact) mass is 682 g/mol. The lowest BCUT2D eigenvalue weighted by Gasteiger charge is -2.40. The van der Waals surface area contributed by atoms with Gasteiger partial charge in [0, 0.05) is 55.6 Å². The number of rotatable bonds is 6. The second-order valence-electron chi connectivity index (χ2n) is 12.5. The molecule has 3 N–H and O–H groups in total. The molecule has 0 spiro atoms. The van der Waals surface area contributed by atoms with Gasteiger partial charge in [-0.1, -0.05) is 11.6 Å². The van der Waals surface area contributed by atoms with Crippen molar-refractivity contribution in [2.45, 2.75) is 75.9 Å². The number of hydrogen-bond donors (Lipinski definition) is 2. The van der Waals surface area contributed by atoms with E-state index in [0.29, 0.717) is 51.6 Å². The number of halogens is 4. The zero-order valence-electron chi connectivity index (χ0n) is 25.4. The summed E-state index contributed by atoms with van der Waals surface area (Å²) in [6, 6.07) is 2.28. The van der Waals surface area contributed by atoms with Gasteiger partial charge in [0.1, 0.15) is 0 Å². The average Bonchev–Trinajstić information content (AvgIpc) is 3.74. The van der Waals surface area contributed by atoms with Gasteiger partial charge in [-0.2, -0.15) is 13.2 Å². The molecular formula is C31H38ClF3N6O4S. The normalized spacial score (nSPS) is 20.9. The van der Waals surface area contributed by atoms with Crippen LogP contribution in [0.15, 0.2) is 22.9 Å². The number of likely N-dealkylation sites (tertiary alicyclic amines) is 3. The van der Waals surface area contributed by atoms with Crippen molar-refractivity contribution in [3.63, 3.8) is 0 Å². The van der Waals surface area contributed by atoms with Crippen molar-refractivity contribution in [1.29, 1.82) is 0 Å². The van der Waals surface area contributed by atoms with Gasteiger partial charge in [-0.15, -0.1) is 11.3 Å². The molecule has 5 heterocycles. The molecule has 0 radical (unpaired) electrons. The molecule has 1 aromatic carbocycles. The molecule has 0 saturated carbocycles. The van der Waals surface area contributed by atoms with Crippen LogP contribution >= 0.6 is 22.9 Å². The number of fused-ring (bicyclic) bond motifs is 1. The number of hydrogen-bond acceptors (Lipinski definition) is 7.